The molecule has 0 bridgehead atoms. The maximum absolute atomic E-state index is 11.9. The van der Waals surface area contributed by atoms with Crippen LogP contribution in [-0.2, 0) is 9.53 Å². The second kappa shape index (κ2) is 8.09. The highest BCUT2D eigenvalue weighted by atomic mass is 32.1. The molecule has 0 saturated carbocycles. The number of hydrogen-bond donors (Lipinski definition) is 1. The van der Waals surface area contributed by atoms with E-state index in [9.17, 15) is 9.59 Å². The van der Waals surface area contributed by atoms with Gasteiger partial charge in [0, 0.05) is 11.6 Å². The van der Waals surface area contributed by atoms with Crippen LogP contribution in [0.4, 0.5) is 5.13 Å². The minimum absolute atomic E-state index is 0.327. The quantitative estimate of drug-likeness (QED) is 0.650. The van der Waals surface area contributed by atoms with Gasteiger partial charge in [-0.25, -0.2) is 9.78 Å². The van der Waals surface area contributed by atoms with Gasteiger partial charge >= 0.3 is 5.97 Å². The summed E-state index contributed by atoms with van der Waals surface area (Å²) in [5, 5.41) is 2.93. The summed E-state index contributed by atoms with van der Waals surface area (Å²) in [5.41, 5.74) is 0.805. The van der Waals surface area contributed by atoms with Gasteiger partial charge in [-0.05, 0) is 19.1 Å². The number of esters is 1. The second-order valence-corrected chi connectivity index (χ2v) is 5.35. The second-order valence-electron chi connectivity index (χ2n) is 4.31. The number of carbonyl (C=O) groups excluding carboxylic acids is 2. The third-order valence-corrected chi connectivity index (χ3v) is 3.65. The predicted molar refractivity (Wildman–Crippen MR) is 88.7 cm³/mol. The fourth-order valence-electron chi connectivity index (χ4n) is 1.74. The van der Waals surface area contributed by atoms with E-state index in [4.69, 9.17) is 4.74 Å². The highest BCUT2D eigenvalue weighted by Gasteiger charge is 2.11. The lowest BCUT2D eigenvalue weighted by molar-refractivity contribution is -0.111. The first-order chi connectivity index (χ1) is 11.1. The standard InChI is InChI=1S/C16H16N2O4S/c1-3-22-12-7-5-4-6-11(12)8-9-14(19)18-16-17-10-13(23-16)15(20)21-2/h4-10H,3H2,1-2H3,(H,17,18,19)/b9-8+. The molecule has 120 valence electrons. The maximum Gasteiger partial charge on any atom is 0.349 e. The molecule has 0 radical (unpaired) electrons. The molecule has 1 amide bonds. The summed E-state index contributed by atoms with van der Waals surface area (Å²) in [6, 6.07) is 7.42. The Kier molecular flexibility index (Phi) is 5.87. The van der Waals surface area contributed by atoms with Crippen LogP contribution >= 0.6 is 11.3 Å². The zero-order chi connectivity index (χ0) is 16.7. The van der Waals surface area contributed by atoms with Crippen molar-refractivity contribution in [3.8, 4) is 5.75 Å². The topological polar surface area (TPSA) is 77.5 Å². The molecule has 0 unspecified atom stereocenters. The van der Waals surface area contributed by atoms with Gasteiger partial charge in [0.25, 0.3) is 0 Å². The molecular formula is C16H16N2O4S. The summed E-state index contributed by atoms with van der Waals surface area (Å²) < 4.78 is 10.1. The van der Waals surface area contributed by atoms with Crippen LogP contribution in [0.2, 0.25) is 0 Å². The van der Waals surface area contributed by atoms with Crippen molar-refractivity contribution in [2.75, 3.05) is 19.0 Å². The Labute approximate surface area is 137 Å². The van der Waals surface area contributed by atoms with Crippen molar-refractivity contribution in [3.63, 3.8) is 0 Å². The molecule has 0 fully saturated rings. The van der Waals surface area contributed by atoms with Crippen molar-refractivity contribution >= 4 is 34.4 Å². The largest absolute Gasteiger partial charge is 0.493 e. The summed E-state index contributed by atoms with van der Waals surface area (Å²) in [7, 11) is 1.29. The smallest absolute Gasteiger partial charge is 0.349 e. The lowest BCUT2D eigenvalue weighted by atomic mass is 10.2. The first-order valence-electron chi connectivity index (χ1n) is 6.89. The van der Waals surface area contributed by atoms with Gasteiger partial charge in [-0.2, -0.15) is 0 Å². The third-order valence-electron chi connectivity index (χ3n) is 2.76. The molecule has 2 rings (SSSR count). The number of benzene rings is 1. The van der Waals surface area contributed by atoms with Crippen molar-refractivity contribution in [2.45, 2.75) is 6.92 Å². The highest BCUT2D eigenvalue weighted by Crippen LogP contribution is 2.20. The number of ether oxygens (including phenoxy) is 2. The number of anilines is 1. The van der Waals surface area contributed by atoms with Gasteiger partial charge in [0.1, 0.15) is 10.6 Å². The molecule has 0 atom stereocenters. The van der Waals surface area contributed by atoms with E-state index in [0.29, 0.717) is 22.4 Å². The van der Waals surface area contributed by atoms with Crippen molar-refractivity contribution in [1.29, 1.82) is 0 Å². The number of nitrogens with one attached hydrogen (secondary N) is 1. The molecule has 1 aromatic heterocycles. The van der Waals surface area contributed by atoms with E-state index in [1.54, 1.807) is 6.08 Å². The van der Waals surface area contributed by atoms with Crippen LogP contribution in [0, 0.1) is 0 Å². The number of methoxy groups -OCH3 is 1. The van der Waals surface area contributed by atoms with Gasteiger partial charge in [0.15, 0.2) is 5.13 Å². The van der Waals surface area contributed by atoms with Crippen LogP contribution in [0.5, 0.6) is 5.75 Å². The average Bonchev–Trinajstić information content (AvgIpc) is 3.02. The van der Waals surface area contributed by atoms with Gasteiger partial charge in [-0.15, -0.1) is 0 Å². The normalized spacial score (nSPS) is 10.5. The van der Waals surface area contributed by atoms with Gasteiger partial charge in [0.05, 0.1) is 19.9 Å². The molecule has 1 aromatic carbocycles. The van der Waals surface area contributed by atoms with E-state index >= 15 is 0 Å². The number of nitrogens with zero attached hydrogens (tertiary/aromatic N) is 1. The Balaban J connectivity index is 2.02. The van der Waals surface area contributed by atoms with E-state index in [1.165, 1.54) is 19.4 Å². The van der Waals surface area contributed by atoms with Crippen LogP contribution in [0.1, 0.15) is 22.2 Å². The zero-order valence-electron chi connectivity index (χ0n) is 12.7. The number of rotatable bonds is 6. The SMILES string of the molecule is CCOc1ccccc1/C=C/C(=O)Nc1ncc(C(=O)OC)s1. The average molecular weight is 332 g/mol. The zero-order valence-corrected chi connectivity index (χ0v) is 13.6. The molecule has 0 spiro atoms. The highest BCUT2D eigenvalue weighted by molar-refractivity contribution is 7.17. The molecule has 6 nitrogen and oxygen atoms in total. The minimum Gasteiger partial charge on any atom is -0.493 e. The molecular weight excluding hydrogens is 316 g/mol. The Morgan fingerprint density at radius 3 is 2.87 bits per heavy atom. The molecule has 2 aromatic rings. The van der Waals surface area contributed by atoms with Crippen molar-refractivity contribution < 1.29 is 19.1 Å². The lowest BCUT2D eigenvalue weighted by Gasteiger charge is -2.06. The van der Waals surface area contributed by atoms with E-state index < -0.39 is 5.97 Å². The van der Waals surface area contributed by atoms with E-state index in [-0.39, 0.29) is 5.91 Å². The van der Waals surface area contributed by atoms with Gasteiger partial charge in [0.2, 0.25) is 5.91 Å². The summed E-state index contributed by atoms with van der Waals surface area (Å²) in [5.74, 6) is -0.118. The fourth-order valence-corrected chi connectivity index (χ4v) is 2.48. The molecule has 7 heteroatoms. The van der Waals surface area contributed by atoms with Crippen LogP contribution in [0.15, 0.2) is 36.5 Å². The lowest BCUT2D eigenvalue weighted by Crippen LogP contribution is -2.07. The Hall–Kier alpha value is -2.67. The summed E-state index contributed by atoms with van der Waals surface area (Å²) in [6.07, 6.45) is 4.41. The van der Waals surface area contributed by atoms with Crippen molar-refractivity contribution in [3.05, 3.63) is 47.0 Å². The third kappa shape index (κ3) is 4.65. The van der Waals surface area contributed by atoms with Crippen LogP contribution in [0.3, 0.4) is 0 Å². The molecule has 0 aliphatic heterocycles. The molecule has 1 N–H and O–H groups in total. The number of thiazole rings is 1. The molecule has 0 aliphatic rings. The Morgan fingerprint density at radius 2 is 2.13 bits per heavy atom. The van der Waals surface area contributed by atoms with E-state index in [2.05, 4.69) is 15.0 Å². The van der Waals surface area contributed by atoms with E-state index in [0.717, 1.165) is 16.9 Å². The number of carbonyl (C=O) groups is 2. The number of hydrogen-bond acceptors (Lipinski definition) is 6. The summed E-state index contributed by atoms with van der Waals surface area (Å²) in [6.45, 7) is 2.45. The summed E-state index contributed by atoms with van der Waals surface area (Å²) >= 11 is 1.05. The van der Waals surface area contributed by atoms with Crippen molar-refractivity contribution in [1.82, 2.24) is 4.98 Å². The van der Waals surface area contributed by atoms with Crippen LogP contribution < -0.4 is 10.1 Å². The first kappa shape index (κ1) is 16.7. The number of para-hydroxylation sites is 1. The predicted octanol–water partition coefficient (Wildman–Crippen LogP) is 2.98. The molecule has 1 heterocycles. The van der Waals surface area contributed by atoms with E-state index in [1.807, 2.05) is 31.2 Å². The summed E-state index contributed by atoms with van der Waals surface area (Å²) in [4.78, 5) is 27.5. The molecule has 23 heavy (non-hydrogen) atoms. The number of aromatic nitrogens is 1. The van der Waals surface area contributed by atoms with Gasteiger partial charge < -0.3 is 9.47 Å². The molecule has 0 saturated heterocycles. The van der Waals surface area contributed by atoms with Gasteiger partial charge in [-0.3, -0.25) is 10.1 Å². The van der Waals surface area contributed by atoms with Crippen LogP contribution in [0.25, 0.3) is 6.08 Å². The Bertz CT molecular complexity index is 724. The molecule has 0 aliphatic carbocycles. The maximum atomic E-state index is 11.9. The number of amides is 1. The Morgan fingerprint density at radius 1 is 1.35 bits per heavy atom. The van der Waals surface area contributed by atoms with Gasteiger partial charge in [-0.1, -0.05) is 29.5 Å². The first-order valence-corrected chi connectivity index (χ1v) is 7.70. The fraction of sp³-hybridized carbons (Fsp3) is 0.188. The minimum atomic E-state index is -0.482. The monoisotopic (exact) mass is 332 g/mol. The van der Waals surface area contributed by atoms with Crippen molar-refractivity contribution in [2.24, 2.45) is 0 Å². The van der Waals surface area contributed by atoms with Crippen LogP contribution in [-0.4, -0.2) is 30.6 Å².